The Morgan fingerprint density at radius 3 is 2.91 bits per heavy atom. The number of ether oxygens (including phenoxy) is 2. The quantitative estimate of drug-likeness (QED) is 0.794. The molecule has 0 spiro atoms. The van der Waals surface area contributed by atoms with Crippen LogP contribution in [0.2, 0.25) is 0 Å². The maximum absolute atomic E-state index is 12.5. The molecule has 1 aliphatic carbocycles. The van der Waals surface area contributed by atoms with E-state index >= 15 is 0 Å². The lowest BCUT2D eigenvalue weighted by Crippen LogP contribution is -2.36. The highest BCUT2D eigenvalue weighted by Crippen LogP contribution is 2.24. The minimum atomic E-state index is -0.0236. The molecule has 1 amide bonds. The van der Waals surface area contributed by atoms with Crippen LogP contribution >= 0.6 is 0 Å². The predicted molar refractivity (Wildman–Crippen MR) is 80.7 cm³/mol. The van der Waals surface area contributed by atoms with E-state index in [4.69, 9.17) is 9.47 Å². The van der Waals surface area contributed by atoms with Crippen LogP contribution in [0.5, 0.6) is 11.8 Å². The molecule has 0 saturated carbocycles. The maximum Gasteiger partial charge on any atom is 0.235 e. The summed E-state index contributed by atoms with van der Waals surface area (Å²) in [5, 5.41) is 0. The number of carbonyl (C=O) groups excluding carboxylic acids is 1. The summed E-state index contributed by atoms with van der Waals surface area (Å²) in [7, 11) is 1.54. The fourth-order valence-corrected chi connectivity index (χ4v) is 2.96. The summed E-state index contributed by atoms with van der Waals surface area (Å²) in [5.74, 6) is 1.27. The molecule has 1 aromatic heterocycles. The van der Waals surface area contributed by atoms with Gasteiger partial charge in [-0.15, -0.1) is 0 Å². The van der Waals surface area contributed by atoms with Crippen LogP contribution in [0.4, 0.5) is 0 Å². The van der Waals surface area contributed by atoms with Crippen molar-refractivity contribution in [1.82, 2.24) is 14.9 Å². The number of aromatic nitrogens is 2. The second-order valence-corrected chi connectivity index (χ2v) is 5.69. The van der Waals surface area contributed by atoms with Crippen molar-refractivity contribution in [3.05, 3.63) is 24.5 Å². The van der Waals surface area contributed by atoms with Gasteiger partial charge in [0.1, 0.15) is 6.10 Å². The van der Waals surface area contributed by atoms with E-state index in [1.807, 2.05) is 4.90 Å². The molecular weight excluding hydrogens is 282 g/mol. The van der Waals surface area contributed by atoms with Crippen molar-refractivity contribution in [3.63, 3.8) is 0 Å². The minimum absolute atomic E-state index is 0.0236. The number of carbonyl (C=O) groups is 1. The zero-order valence-corrected chi connectivity index (χ0v) is 12.8. The Morgan fingerprint density at radius 1 is 1.27 bits per heavy atom. The highest BCUT2D eigenvalue weighted by atomic mass is 16.5. The molecule has 1 aromatic rings. The molecule has 3 rings (SSSR count). The van der Waals surface area contributed by atoms with Crippen molar-refractivity contribution in [1.29, 1.82) is 0 Å². The number of nitrogens with zero attached hydrogens (tertiary/aromatic N) is 3. The summed E-state index contributed by atoms with van der Waals surface area (Å²) in [6, 6.07) is 0. The van der Waals surface area contributed by atoms with Gasteiger partial charge < -0.3 is 14.4 Å². The normalized spacial score (nSPS) is 24.3. The van der Waals surface area contributed by atoms with Crippen molar-refractivity contribution in [2.45, 2.75) is 31.8 Å². The largest absolute Gasteiger partial charge is 0.480 e. The summed E-state index contributed by atoms with van der Waals surface area (Å²) in [6.07, 6.45) is 11.0. The summed E-state index contributed by atoms with van der Waals surface area (Å²) < 4.78 is 10.9. The van der Waals surface area contributed by atoms with Crippen LogP contribution in [-0.4, -0.2) is 47.1 Å². The lowest BCUT2D eigenvalue weighted by molar-refractivity contribution is -0.135. The fraction of sp³-hybridized carbons (Fsp3) is 0.562. The molecule has 0 bridgehead atoms. The molecule has 0 aromatic carbocycles. The zero-order chi connectivity index (χ0) is 15.4. The third-order valence-corrected chi connectivity index (χ3v) is 4.16. The van der Waals surface area contributed by atoms with Gasteiger partial charge in [-0.1, -0.05) is 12.2 Å². The van der Waals surface area contributed by atoms with Crippen LogP contribution < -0.4 is 9.47 Å². The van der Waals surface area contributed by atoms with Gasteiger partial charge in [0.25, 0.3) is 0 Å². The van der Waals surface area contributed by atoms with Gasteiger partial charge in [-0.3, -0.25) is 9.78 Å². The summed E-state index contributed by atoms with van der Waals surface area (Å²) in [4.78, 5) is 22.6. The molecule has 2 heterocycles. The smallest absolute Gasteiger partial charge is 0.235 e. The molecular formula is C16H21N3O3. The Hall–Kier alpha value is -2.11. The third-order valence-electron chi connectivity index (χ3n) is 4.16. The van der Waals surface area contributed by atoms with Crippen molar-refractivity contribution >= 4 is 5.91 Å². The molecule has 0 unspecified atom stereocenters. The van der Waals surface area contributed by atoms with E-state index < -0.39 is 0 Å². The monoisotopic (exact) mass is 303 g/mol. The Morgan fingerprint density at radius 2 is 2.14 bits per heavy atom. The Balaban J connectivity index is 1.55. The topological polar surface area (TPSA) is 64.6 Å². The number of allylic oxidation sites excluding steroid dienone is 2. The van der Waals surface area contributed by atoms with Crippen molar-refractivity contribution in [2.24, 2.45) is 5.92 Å². The van der Waals surface area contributed by atoms with Gasteiger partial charge in [0, 0.05) is 18.9 Å². The van der Waals surface area contributed by atoms with Crippen molar-refractivity contribution in [2.75, 3.05) is 20.2 Å². The lowest BCUT2D eigenvalue weighted by atomic mass is 9.93. The minimum Gasteiger partial charge on any atom is -0.480 e. The highest BCUT2D eigenvalue weighted by Gasteiger charge is 2.31. The number of likely N-dealkylation sites (tertiary alicyclic amines) is 1. The molecule has 1 saturated heterocycles. The lowest BCUT2D eigenvalue weighted by Gasteiger charge is -2.24. The first-order chi connectivity index (χ1) is 10.8. The fourth-order valence-electron chi connectivity index (χ4n) is 2.96. The number of amides is 1. The number of methoxy groups -OCH3 is 1. The van der Waals surface area contributed by atoms with Gasteiger partial charge in [-0.25, -0.2) is 0 Å². The van der Waals surface area contributed by atoms with Crippen LogP contribution in [0.3, 0.4) is 0 Å². The summed E-state index contributed by atoms with van der Waals surface area (Å²) in [5.41, 5.74) is 0. The number of rotatable bonds is 4. The first kappa shape index (κ1) is 14.8. The SMILES string of the molecule is COc1cncc(O[C@H]2CCN(C(=O)[C@@H]3CC=CCC3)C2)n1. The van der Waals surface area contributed by atoms with E-state index in [0.717, 1.165) is 32.2 Å². The molecule has 2 aliphatic rings. The second-order valence-electron chi connectivity index (χ2n) is 5.69. The van der Waals surface area contributed by atoms with Gasteiger partial charge in [-0.2, -0.15) is 4.98 Å². The molecule has 6 nitrogen and oxygen atoms in total. The van der Waals surface area contributed by atoms with E-state index in [2.05, 4.69) is 22.1 Å². The standard InChI is InChI=1S/C16H21N3O3/c1-21-14-9-17-10-15(18-14)22-13-7-8-19(11-13)16(20)12-5-3-2-4-6-12/h2-3,9-10,12-13H,4-8,11H2,1H3/t12-,13+/m1/s1. The van der Waals surface area contributed by atoms with Gasteiger partial charge >= 0.3 is 0 Å². The van der Waals surface area contributed by atoms with E-state index in [9.17, 15) is 4.79 Å². The van der Waals surface area contributed by atoms with Crippen LogP contribution in [-0.2, 0) is 4.79 Å². The molecule has 118 valence electrons. The van der Waals surface area contributed by atoms with Gasteiger partial charge in [0.05, 0.1) is 26.0 Å². The predicted octanol–water partition coefficient (Wildman–Crippen LogP) is 1.82. The van der Waals surface area contributed by atoms with Crippen molar-refractivity contribution < 1.29 is 14.3 Å². The van der Waals surface area contributed by atoms with Gasteiger partial charge in [0.2, 0.25) is 17.7 Å². The van der Waals surface area contributed by atoms with E-state index in [1.165, 1.54) is 6.20 Å². The zero-order valence-electron chi connectivity index (χ0n) is 12.8. The van der Waals surface area contributed by atoms with Crippen LogP contribution in [0.1, 0.15) is 25.7 Å². The second kappa shape index (κ2) is 6.77. The molecule has 6 heteroatoms. The highest BCUT2D eigenvalue weighted by molar-refractivity contribution is 5.79. The van der Waals surface area contributed by atoms with E-state index in [0.29, 0.717) is 18.3 Å². The third kappa shape index (κ3) is 3.37. The van der Waals surface area contributed by atoms with Crippen molar-refractivity contribution in [3.8, 4) is 11.8 Å². The Kier molecular flexibility index (Phi) is 4.56. The summed E-state index contributed by atoms with van der Waals surface area (Å²) in [6.45, 7) is 1.37. The van der Waals surface area contributed by atoms with Crippen LogP contribution in [0, 0.1) is 5.92 Å². The first-order valence-corrected chi connectivity index (χ1v) is 7.72. The molecule has 0 radical (unpaired) electrons. The molecule has 22 heavy (non-hydrogen) atoms. The van der Waals surface area contributed by atoms with E-state index in [-0.39, 0.29) is 17.9 Å². The first-order valence-electron chi connectivity index (χ1n) is 7.72. The summed E-state index contributed by atoms with van der Waals surface area (Å²) >= 11 is 0. The number of hydrogen-bond acceptors (Lipinski definition) is 5. The Bertz CT molecular complexity index is 561. The average molecular weight is 303 g/mol. The number of hydrogen-bond donors (Lipinski definition) is 0. The maximum atomic E-state index is 12.5. The molecule has 1 fully saturated rings. The van der Waals surface area contributed by atoms with Crippen LogP contribution in [0.25, 0.3) is 0 Å². The van der Waals surface area contributed by atoms with Gasteiger partial charge in [-0.05, 0) is 19.3 Å². The average Bonchev–Trinajstić information content (AvgIpc) is 3.03. The Labute approximate surface area is 130 Å². The van der Waals surface area contributed by atoms with E-state index in [1.54, 1.807) is 13.3 Å². The van der Waals surface area contributed by atoms with Gasteiger partial charge in [0.15, 0.2) is 0 Å². The van der Waals surface area contributed by atoms with Crippen LogP contribution in [0.15, 0.2) is 24.5 Å². The molecule has 1 aliphatic heterocycles. The molecule has 2 atom stereocenters. The molecule has 0 N–H and O–H groups in total.